The molecule has 3 aromatic rings. The number of phenolic OH excluding ortho intramolecular Hbond substituents is 1. The minimum atomic E-state index is -0.321. The van der Waals surface area contributed by atoms with Crippen molar-refractivity contribution in [2.24, 2.45) is 5.10 Å². The second-order valence-electron chi connectivity index (χ2n) is 6.57. The third-order valence-electron chi connectivity index (χ3n) is 4.18. The summed E-state index contributed by atoms with van der Waals surface area (Å²) in [5.41, 5.74) is 3.80. The van der Waals surface area contributed by atoms with E-state index in [1.54, 1.807) is 30.3 Å². The molecule has 0 fully saturated rings. The number of aromatic nitrogens is 3. The Hall–Kier alpha value is -2.34. The summed E-state index contributed by atoms with van der Waals surface area (Å²) in [6.07, 6.45) is 3.11. The zero-order chi connectivity index (χ0) is 23.8. The summed E-state index contributed by atoms with van der Waals surface area (Å²) < 4.78 is 3.16. The van der Waals surface area contributed by atoms with Crippen LogP contribution in [0.25, 0.3) is 0 Å². The summed E-state index contributed by atoms with van der Waals surface area (Å²) in [7, 11) is 0. The Labute approximate surface area is 216 Å². The Kier molecular flexibility index (Phi) is 9.36. The lowest BCUT2D eigenvalue weighted by molar-refractivity contribution is -0.118. The number of benzene rings is 2. The maximum atomic E-state index is 12.2. The highest BCUT2D eigenvalue weighted by molar-refractivity contribution is 9.11. The highest BCUT2D eigenvalue weighted by atomic mass is 79.9. The molecule has 12 heteroatoms. The molecule has 0 unspecified atom stereocenters. The Balaban J connectivity index is 1.57. The number of phenols is 1. The van der Waals surface area contributed by atoms with E-state index in [4.69, 9.17) is 11.6 Å². The lowest BCUT2D eigenvalue weighted by Crippen LogP contribution is -2.20. The fourth-order valence-electron chi connectivity index (χ4n) is 2.64. The molecule has 1 amide bonds. The molecule has 0 aliphatic carbocycles. The SMILES string of the molecule is C=CCn1c(CNc2ccc(Cl)cc2)nnc1SCC(=O)NN=Cc1cc(Br)cc(Br)c1O. The van der Waals surface area contributed by atoms with Gasteiger partial charge in [0.25, 0.3) is 5.91 Å². The highest BCUT2D eigenvalue weighted by Gasteiger charge is 2.13. The van der Waals surface area contributed by atoms with Crippen LogP contribution in [0, 0.1) is 0 Å². The van der Waals surface area contributed by atoms with E-state index < -0.39 is 0 Å². The molecule has 0 atom stereocenters. The zero-order valence-electron chi connectivity index (χ0n) is 17.1. The molecule has 0 radical (unpaired) electrons. The number of amides is 1. The Morgan fingerprint density at radius 2 is 2.03 bits per heavy atom. The van der Waals surface area contributed by atoms with E-state index >= 15 is 0 Å². The van der Waals surface area contributed by atoms with Crippen molar-refractivity contribution in [1.29, 1.82) is 0 Å². The molecule has 0 saturated carbocycles. The Morgan fingerprint density at radius 1 is 1.27 bits per heavy atom. The lowest BCUT2D eigenvalue weighted by atomic mass is 10.2. The van der Waals surface area contributed by atoms with Gasteiger partial charge in [-0.25, -0.2) is 5.43 Å². The van der Waals surface area contributed by atoms with Gasteiger partial charge in [-0.2, -0.15) is 5.10 Å². The molecular formula is C21H19Br2ClN6O2S. The number of allylic oxidation sites excluding steroid dienone is 1. The van der Waals surface area contributed by atoms with E-state index in [-0.39, 0.29) is 17.4 Å². The van der Waals surface area contributed by atoms with Gasteiger partial charge in [-0.3, -0.25) is 4.79 Å². The van der Waals surface area contributed by atoms with E-state index in [0.29, 0.717) is 39.1 Å². The van der Waals surface area contributed by atoms with Crippen molar-refractivity contribution in [2.45, 2.75) is 18.2 Å². The molecule has 0 saturated heterocycles. The number of carbonyl (C=O) groups excluding carboxylic acids is 1. The van der Waals surface area contributed by atoms with Crippen molar-refractivity contribution in [2.75, 3.05) is 11.1 Å². The van der Waals surface area contributed by atoms with Crippen LogP contribution in [0.15, 0.2) is 68.3 Å². The zero-order valence-corrected chi connectivity index (χ0v) is 21.9. The first-order valence-corrected chi connectivity index (χ1v) is 12.5. The van der Waals surface area contributed by atoms with Gasteiger partial charge in [0, 0.05) is 27.3 Å². The van der Waals surface area contributed by atoms with E-state index in [0.717, 1.165) is 10.2 Å². The van der Waals surface area contributed by atoms with Crippen molar-refractivity contribution in [3.8, 4) is 5.75 Å². The molecule has 1 aromatic heterocycles. The number of nitrogens with zero attached hydrogens (tertiary/aromatic N) is 4. The largest absolute Gasteiger partial charge is 0.506 e. The van der Waals surface area contributed by atoms with Gasteiger partial charge in [0.15, 0.2) is 11.0 Å². The maximum absolute atomic E-state index is 12.2. The van der Waals surface area contributed by atoms with Gasteiger partial charge in [-0.1, -0.05) is 45.4 Å². The minimum absolute atomic E-state index is 0.0304. The first kappa shape index (κ1) is 25.3. The number of hydrogen-bond acceptors (Lipinski definition) is 7. The molecule has 0 bridgehead atoms. The second kappa shape index (κ2) is 12.2. The standard InChI is InChI=1S/C21H19Br2ClN6O2S/c1-2-7-30-18(11-25-16-5-3-15(24)4-6-16)27-29-21(30)33-12-19(31)28-26-10-13-8-14(22)9-17(23)20(13)32/h2-6,8-10,25,32H,1,7,11-12H2,(H,28,31). The van der Waals surface area contributed by atoms with Gasteiger partial charge in [0.1, 0.15) is 5.75 Å². The molecule has 172 valence electrons. The van der Waals surface area contributed by atoms with E-state index in [9.17, 15) is 9.90 Å². The molecule has 0 spiro atoms. The third kappa shape index (κ3) is 7.32. The summed E-state index contributed by atoms with van der Waals surface area (Å²) in [5.74, 6) is 0.508. The molecule has 33 heavy (non-hydrogen) atoms. The van der Waals surface area contributed by atoms with Crippen LogP contribution in [0.4, 0.5) is 5.69 Å². The monoisotopic (exact) mass is 612 g/mol. The number of thioether (sulfide) groups is 1. The first-order valence-electron chi connectivity index (χ1n) is 9.52. The predicted molar refractivity (Wildman–Crippen MR) is 139 cm³/mol. The van der Waals surface area contributed by atoms with Crippen molar-refractivity contribution in [3.05, 3.63) is 74.4 Å². The number of aromatic hydroxyl groups is 1. The van der Waals surface area contributed by atoms with Crippen molar-refractivity contribution in [1.82, 2.24) is 20.2 Å². The average molecular weight is 615 g/mol. The van der Waals surface area contributed by atoms with Gasteiger partial charge in [0.2, 0.25) is 0 Å². The van der Waals surface area contributed by atoms with E-state index in [2.05, 4.69) is 64.5 Å². The third-order valence-corrected chi connectivity index (χ3v) is 6.46. The summed E-state index contributed by atoms with van der Waals surface area (Å²) in [6.45, 7) is 4.74. The Bertz CT molecular complexity index is 1170. The van der Waals surface area contributed by atoms with E-state index in [1.807, 2.05) is 16.7 Å². The average Bonchev–Trinajstić information content (AvgIpc) is 3.17. The molecule has 3 N–H and O–H groups in total. The smallest absolute Gasteiger partial charge is 0.250 e. The summed E-state index contributed by atoms with van der Waals surface area (Å²) in [4.78, 5) is 12.2. The van der Waals surface area contributed by atoms with Crippen LogP contribution in [0.2, 0.25) is 5.02 Å². The number of hydrogen-bond donors (Lipinski definition) is 3. The normalized spacial score (nSPS) is 11.0. The van der Waals surface area contributed by atoms with Crippen LogP contribution in [0.5, 0.6) is 5.75 Å². The van der Waals surface area contributed by atoms with Gasteiger partial charge in [-0.05, 0) is 52.3 Å². The molecular weight excluding hydrogens is 596 g/mol. The maximum Gasteiger partial charge on any atom is 0.250 e. The van der Waals surface area contributed by atoms with Gasteiger partial charge in [0.05, 0.1) is 23.0 Å². The minimum Gasteiger partial charge on any atom is -0.506 e. The molecule has 0 aliphatic heterocycles. The summed E-state index contributed by atoms with van der Waals surface area (Å²) >= 11 is 13.8. The molecule has 1 heterocycles. The lowest BCUT2D eigenvalue weighted by Gasteiger charge is -2.09. The van der Waals surface area contributed by atoms with Crippen LogP contribution in [0.1, 0.15) is 11.4 Å². The number of nitrogens with one attached hydrogen (secondary N) is 2. The number of hydrazone groups is 1. The number of carbonyl (C=O) groups is 1. The molecule has 0 aliphatic rings. The second-order valence-corrected chi connectivity index (χ2v) is 9.71. The van der Waals surface area contributed by atoms with E-state index in [1.165, 1.54) is 18.0 Å². The summed E-state index contributed by atoms with van der Waals surface area (Å²) in [5, 5.41) is 26.9. The van der Waals surface area contributed by atoms with Crippen LogP contribution in [-0.2, 0) is 17.9 Å². The van der Waals surface area contributed by atoms with Crippen LogP contribution in [0.3, 0.4) is 0 Å². The molecule has 8 nitrogen and oxygen atoms in total. The van der Waals surface area contributed by atoms with Gasteiger partial charge in [-0.15, -0.1) is 16.8 Å². The van der Waals surface area contributed by atoms with Crippen molar-refractivity contribution < 1.29 is 9.90 Å². The summed E-state index contributed by atoms with van der Waals surface area (Å²) in [6, 6.07) is 10.8. The molecule has 2 aromatic carbocycles. The number of halogens is 3. The van der Waals surface area contributed by atoms with Gasteiger partial charge >= 0.3 is 0 Å². The Morgan fingerprint density at radius 3 is 2.76 bits per heavy atom. The quantitative estimate of drug-likeness (QED) is 0.126. The molecule has 3 rings (SSSR count). The van der Waals surface area contributed by atoms with Crippen LogP contribution >= 0.6 is 55.2 Å². The fourth-order valence-corrected chi connectivity index (χ4v) is 4.78. The predicted octanol–water partition coefficient (Wildman–Crippen LogP) is 5.20. The van der Waals surface area contributed by atoms with Crippen LogP contribution in [-0.4, -0.2) is 37.7 Å². The van der Waals surface area contributed by atoms with Crippen molar-refractivity contribution >= 4 is 73.0 Å². The highest BCUT2D eigenvalue weighted by Crippen LogP contribution is 2.30. The van der Waals surface area contributed by atoms with Crippen molar-refractivity contribution in [3.63, 3.8) is 0 Å². The number of rotatable bonds is 10. The number of anilines is 1. The topological polar surface area (TPSA) is 104 Å². The van der Waals surface area contributed by atoms with Gasteiger partial charge < -0.3 is 15.0 Å². The fraction of sp³-hybridized carbons (Fsp3) is 0.143. The van der Waals surface area contributed by atoms with Crippen LogP contribution < -0.4 is 10.7 Å². The first-order chi connectivity index (χ1) is 15.9.